The third-order valence-electron chi connectivity index (χ3n) is 3.91. The van der Waals surface area contributed by atoms with Crippen molar-refractivity contribution >= 4 is 28.1 Å². The van der Waals surface area contributed by atoms with Gasteiger partial charge in [-0.2, -0.15) is 5.10 Å². The number of halogens is 1. The van der Waals surface area contributed by atoms with E-state index >= 15 is 0 Å². The van der Waals surface area contributed by atoms with E-state index in [1.54, 1.807) is 31.5 Å². The van der Waals surface area contributed by atoms with Crippen molar-refractivity contribution in [3.63, 3.8) is 0 Å². The van der Waals surface area contributed by atoms with Gasteiger partial charge in [0.2, 0.25) is 0 Å². The van der Waals surface area contributed by atoms with Crippen LogP contribution in [0.2, 0.25) is 0 Å². The van der Waals surface area contributed by atoms with Crippen molar-refractivity contribution in [2.45, 2.75) is 6.61 Å². The predicted octanol–water partition coefficient (Wildman–Crippen LogP) is 4.80. The van der Waals surface area contributed by atoms with Crippen molar-refractivity contribution in [2.75, 3.05) is 7.11 Å². The standard InChI is InChI=1S/C22H19BrN2O3/c1-27-21-11-10-16(12-18(21)15-28-20-8-3-2-4-9-20)14-24-25-22(26)17-6-5-7-19(23)13-17/h2-14H,15H2,1H3,(H,25,26). The first-order valence-corrected chi connectivity index (χ1v) is 9.39. The minimum Gasteiger partial charge on any atom is -0.496 e. The molecule has 0 spiro atoms. The normalized spacial score (nSPS) is 10.6. The molecule has 0 saturated carbocycles. The van der Waals surface area contributed by atoms with Crippen molar-refractivity contribution in [3.8, 4) is 11.5 Å². The second kappa shape index (κ2) is 9.71. The summed E-state index contributed by atoms with van der Waals surface area (Å²) in [5, 5.41) is 4.04. The number of amides is 1. The van der Waals surface area contributed by atoms with E-state index in [0.717, 1.165) is 27.1 Å². The molecule has 1 N–H and O–H groups in total. The Morgan fingerprint density at radius 2 is 1.89 bits per heavy atom. The van der Waals surface area contributed by atoms with Crippen molar-refractivity contribution < 1.29 is 14.3 Å². The molecular formula is C22H19BrN2O3. The molecule has 0 aromatic heterocycles. The zero-order valence-corrected chi connectivity index (χ0v) is 16.8. The summed E-state index contributed by atoms with van der Waals surface area (Å²) in [6, 6.07) is 22.3. The monoisotopic (exact) mass is 438 g/mol. The maximum Gasteiger partial charge on any atom is 0.271 e. The van der Waals surface area contributed by atoms with Gasteiger partial charge < -0.3 is 9.47 Å². The second-order valence-electron chi connectivity index (χ2n) is 5.88. The average molecular weight is 439 g/mol. The molecule has 1 amide bonds. The van der Waals surface area contributed by atoms with E-state index < -0.39 is 0 Å². The minimum atomic E-state index is -0.279. The van der Waals surface area contributed by atoms with Crippen LogP contribution in [0.4, 0.5) is 0 Å². The Bertz CT molecular complexity index is 975. The summed E-state index contributed by atoms with van der Waals surface area (Å²) in [4.78, 5) is 12.1. The Labute approximate surface area is 172 Å². The predicted molar refractivity (Wildman–Crippen MR) is 113 cm³/mol. The molecular weight excluding hydrogens is 420 g/mol. The fourth-order valence-electron chi connectivity index (χ4n) is 2.53. The number of hydrogen-bond donors (Lipinski definition) is 1. The highest BCUT2D eigenvalue weighted by Crippen LogP contribution is 2.21. The van der Waals surface area contributed by atoms with Crippen LogP contribution in [0.15, 0.2) is 82.4 Å². The number of para-hydroxylation sites is 1. The van der Waals surface area contributed by atoms with Gasteiger partial charge in [0.05, 0.1) is 13.3 Å². The average Bonchev–Trinajstić information content (AvgIpc) is 2.73. The third-order valence-corrected chi connectivity index (χ3v) is 4.40. The smallest absolute Gasteiger partial charge is 0.271 e. The summed E-state index contributed by atoms with van der Waals surface area (Å²) in [5.74, 6) is 1.23. The van der Waals surface area contributed by atoms with E-state index in [1.165, 1.54) is 0 Å². The minimum absolute atomic E-state index is 0.279. The fraction of sp³-hybridized carbons (Fsp3) is 0.0909. The lowest BCUT2D eigenvalue weighted by Gasteiger charge is -2.11. The number of benzene rings is 3. The van der Waals surface area contributed by atoms with Crippen LogP contribution in [-0.4, -0.2) is 19.2 Å². The first kappa shape index (κ1) is 19.6. The third kappa shape index (κ3) is 5.44. The Hall–Kier alpha value is -3.12. The number of carbonyl (C=O) groups excluding carboxylic acids is 1. The van der Waals surface area contributed by atoms with Gasteiger partial charge in [0.1, 0.15) is 18.1 Å². The van der Waals surface area contributed by atoms with E-state index in [-0.39, 0.29) is 5.91 Å². The molecule has 0 aliphatic rings. The van der Waals surface area contributed by atoms with Gasteiger partial charge in [-0.25, -0.2) is 5.43 Å². The number of nitrogens with one attached hydrogen (secondary N) is 1. The van der Waals surface area contributed by atoms with E-state index in [0.29, 0.717) is 12.2 Å². The topological polar surface area (TPSA) is 59.9 Å². The lowest BCUT2D eigenvalue weighted by Crippen LogP contribution is -2.17. The number of carbonyl (C=O) groups is 1. The van der Waals surface area contributed by atoms with Crippen LogP contribution in [0.3, 0.4) is 0 Å². The van der Waals surface area contributed by atoms with Gasteiger partial charge in [0, 0.05) is 15.6 Å². The van der Waals surface area contributed by atoms with Crippen LogP contribution in [0.25, 0.3) is 0 Å². The quantitative estimate of drug-likeness (QED) is 0.425. The van der Waals surface area contributed by atoms with E-state index in [4.69, 9.17) is 9.47 Å². The molecule has 0 heterocycles. The number of hydrogen-bond acceptors (Lipinski definition) is 4. The number of hydrazone groups is 1. The van der Waals surface area contributed by atoms with Gasteiger partial charge >= 0.3 is 0 Å². The molecule has 0 aliphatic carbocycles. The molecule has 0 radical (unpaired) electrons. The Morgan fingerprint density at radius 1 is 1.07 bits per heavy atom. The van der Waals surface area contributed by atoms with Gasteiger partial charge in [0.15, 0.2) is 0 Å². The first-order valence-electron chi connectivity index (χ1n) is 8.59. The van der Waals surface area contributed by atoms with E-state index in [2.05, 4.69) is 26.5 Å². The summed E-state index contributed by atoms with van der Waals surface area (Å²) in [6.45, 7) is 0.360. The molecule has 28 heavy (non-hydrogen) atoms. The Morgan fingerprint density at radius 3 is 2.64 bits per heavy atom. The molecule has 0 aliphatic heterocycles. The highest BCUT2D eigenvalue weighted by molar-refractivity contribution is 9.10. The lowest BCUT2D eigenvalue weighted by molar-refractivity contribution is 0.0955. The van der Waals surface area contributed by atoms with Crippen LogP contribution < -0.4 is 14.9 Å². The maximum atomic E-state index is 12.1. The van der Waals surface area contributed by atoms with Gasteiger partial charge in [-0.15, -0.1) is 0 Å². The zero-order valence-electron chi connectivity index (χ0n) is 15.3. The largest absolute Gasteiger partial charge is 0.496 e. The molecule has 0 fully saturated rings. The molecule has 3 aromatic carbocycles. The van der Waals surface area contributed by atoms with Crippen LogP contribution in [0.1, 0.15) is 21.5 Å². The fourth-order valence-corrected chi connectivity index (χ4v) is 2.93. The molecule has 0 unspecified atom stereocenters. The summed E-state index contributed by atoms with van der Waals surface area (Å²) in [7, 11) is 1.62. The van der Waals surface area contributed by atoms with Gasteiger partial charge in [0.25, 0.3) is 5.91 Å². The summed E-state index contributed by atoms with van der Waals surface area (Å²) in [6.07, 6.45) is 1.58. The van der Waals surface area contributed by atoms with Gasteiger partial charge in [-0.05, 0) is 54.1 Å². The molecule has 0 saturated heterocycles. The summed E-state index contributed by atoms with van der Waals surface area (Å²) >= 11 is 3.35. The molecule has 5 nitrogen and oxygen atoms in total. The molecule has 3 aromatic rings. The van der Waals surface area contributed by atoms with Crippen LogP contribution in [-0.2, 0) is 6.61 Å². The highest BCUT2D eigenvalue weighted by atomic mass is 79.9. The van der Waals surface area contributed by atoms with Gasteiger partial charge in [-0.1, -0.05) is 40.2 Å². The number of nitrogens with zero attached hydrogens (tertiary/aromatic N) is 1. The SMILES string of the molecule is COc1ccc(C=NNC(=O)c2cccc(Br)c2)cc1COc1ccccc1. The number of rotatable bonds is 7. The Kier molecular flexibility index (Phi) is 6.81. The van der Waals surface area contributed by atoms with Crippen molar-refractivity contribution in [1.82, 2.24) is 5.43 Å². The number of methoxy groups -OCH3 is 1. The van der Waals surface area contributed by atoms with Gasteiger partial charge in [-0.3, -0.25) is 4.79 Å². The van der Waals surface area contributed by atoms with Crippen molar-refractivity contribution in [1.29, 1.82) is 0 Å². The Balaban J connectivity index is 1.66. The zero-order chi connectivity index (χ0) is 19.8. The van der Waals surface area contributed by atoms with Crippen LogP contribution >= 0.6 is 15.9 Å². The molecule has 3 rings (SSSR count). The van der Waals surface area contributed by atoms with Crippen molar-refractivity contribution in [2.24, 2.45) is 5.10 Å². The summed E-state index contributed by atoms with van der Waals surface area (Å²) in [5.41, 5.74) is 4.76. The molecule has 142 valence electrons. The molecule has 6 heteroatoms. The van der Waals surface area contributed by atoms with Crippen LogP contribution in [0.5, 0.6) is 11.5 Å². The lowest BCUT2D eigenvalue weighted by atomic mass is 10.1. The number of ether oxygens (including phenoxy) is 2. The summed E-state index contributed by atoms with van der Waals surface area (Å²) < 4.78 is 12.0. The van der Waals surface area contributed by atoms with Crippen molar-refractivity contribution in [3.05, 3.63) is 94.0 Å². The molecule has 0 bridgehead atoms. The second-order valence-corrected chi connectivity index (χ2v) is 6.80. The first-order chi connectivity index (χ1) is 13.7. The highest BCUT2D eigenvalue weighted by Gasteiger charge is 2.06. The van der Waals surface area contributed by atoms with Crippen LogP contribution in [0, 0.1) is 0 Å². The maximum absolute atomic E-state index is 12.1. The van der Waals surface area contributed by atoms with E-state index in [1.807, 2.05) is 54.6 Å². The molecule has 0 atom stereocenters. The van der Waals surface area contributed by atoms with E-state index in [9.17, 15) is 4.79 Å².